The molecule has 3 aromatic carbocycles. The van der Waals surface area contributed by atoms with Gasteiger partial charge in [-0.1, -0.05) is 121 Å². The van der Waals surface area contributed by atoms with E-state index in [1.807, 2.05) is 12.3 Å². The number of aromatic nitrogens is 4. The fourth-order valence-electron chi connectivity index (χ4n) is 4.62. The van der Waals surface area contributed by atoms with E-state index in [2.05, 4.69) is 127 Å². The van der Waals surface area contributed by atoms with E-state index in [9.17, 15) is 0 Å². The highest BCUT2D eigenvalue weighted by Crippen LogP contribution is 2.30. The third-order valence-electron chi connectivity index (χ3n) is 6.72. The van der Waals surface area contributed by atoms with Crippen LogP contribution >= 0.6 is 0 Å². The molecule has 0 aliphatic heterocycles. The smallest absolute Gasteiger partial charge is 0.164 e. The zero-order valence-corrected chi connectivity index (χ0v) is 21.8. The Morgan fingerprint density at radius 2 is 1.23 bits per heavy atom. The lowest BCUT2D eigenvalue weighted by Gasteiger charge is -2.10. The number of hydrogen-bond donors (Lipinski definition) is 0. The number of allylic oxidation sites excluding steroid dienone is 8. The summed E-state index contributed by atoms with van der Waals surface area (Å²) in [4.78, 5) is 19.4. The van der Waals surface area contributed by atoms with Gasteiger partial charge in [-0.05, 0) is 31.4 Å². The third kappa shape index (κ3) is 5.51. The maximum Gasteiger partial charge on any atom is 0.164 e. The van der Waals surface area contributed by atoms with Crippen molar-refractivity contribution < 1.29 is 0 Å². The molecule has 4 heteroatoms. The van der Waals surface area contributed by atoms with E-state index >= 15 is 0 Å². The van der Waals surface area contributed by atoms with Gasteiger partial charge in [0.15, 0.2) is 17.5 Å². The lowest BCUT2D eigenvalue weighted by molar-refractivity contribution is 1.03. The molecule has 0 amide bonds. The van der Waals surface area contributed by atoms with Crippen molar-refractivity contribution in [3.05, 3.63) is 139 Å². The van der Waals surface area contributed by atoms with E-state index in [1.54, 1.807) is 0 Å². The summed E-state index contributed by atoms with van der Waals surface area (Å²) in [7, 11) is 0. The minimum absolute atomic E-state index is 0.653. The van der Waals surface area contributed by atoms with E-state index in [4.69, 9.17) is 15.0 Å². The summed E-state index contributed by atoms with van der Waals surface area (Å²) >= 11 is 0. The number of benzene rings is 3. The monoisotopic (exact) mass is 504 g/mol. The van der Waals surface area contributed by atoms with Gasteiger partial charge in [0.25, 0.3) is 0 Å². The van der Waals surface area contributed by atoms with Gasteiger partial charge in [-0.3, -0.25) is 4.98 Å². The first-order valence-corrected chi connectivity index (χ1v) is 13.2. The number of aryl methyl sites for hydroxylation is 1. The Balaban J connectivity index is 1.43. The molecule has 188 valence electrons. The highest BCUT2D eigenvalue weighted by molar-refractivity contribution is 5.93. The maximum atomic E-state index is 4.95. The summed E-state index contributed by atoms with van der Waals surface area (Å²) in [5.74, 6) is 1.99. The molecule has 2 heterocycles. The second kappa shape index (κ2) is 11.2. The fraction of sp³-hybridized carbons (Fsp3) is 0.0857. The van der Waals surface area contributed by atoms with Gasteiger partial charge in [-0.2, -0.15) is 0 Å². The Hall–Kier alpha value is -4.96. The number of rotatable bonds is 4. The number of nitrogens with zero attached hydrogens (tertiary/aromatic N) is 4. The molecule has 0 unspecified atom stereocenters. The highest BCUT2D eigenvalue weighted by Gasteiger charge is 2.13. The summed E-state index contributed by atoms with van der Waals surface area (Å²) in [5, 5.41) is 1.13. The molecule has 0 fully saturated rings. The summed E-state index contributed by atoms with van der Waals surface area (Å²) in [5.41, 5.74) is 7.31. The number of hydrogen-bond acceptors (Lipinski definition) is 4. The van der Waals surface area contributed by atoms with Crippen LogP contribution in [0.1, 0.15) is 24.2 Å². The third-order valence-corrected chi connectivity index (χ3v) is 6.72. The molecule has 2 aromatic heterocycles. The van der Waals surface area contributed by atoms with Crippen LogP contribution in [0.2, 0.25) is 0 Å². The molecule has 0 N–H and O–H groups in total. The van der Waals surface area contributed by atoms with Gasteiger partial charge in [-0.25, -0.2) is 15.0 Å². The molecular weight excluding hydrogens is 476 g/mol. The first-order chi connectivity index (χ1) is 19.2. The van der Waals surface area contributed by atoms with Crippen LogP contribution in [0.3, 0.4) is 0 Å². The van der Waals surface area contributed by atoms with Crippen molar-refractivity contribution in [2.75, 3.05) is 0 Å². The minimum atomic E-state index is 0.653. The van der Waals surface area contributed by atoms with Crippen molar-refractivity contribution >= 4 is 16.5 Å². The zero-order valence-electron chi connectivity index (χ0n) is 21.8. The molecule has 4 nitrogen and oxygen atoms in total. The summed E-state index contributed by atoms with van der Waals surface area (Å²) in [6, 6.07) is 27.1. The van der Waals surface area contributed by atoms with E-state index < -0.39 is 0 Å². The van der Waals surface area contributed by atoms with Crippen LogP contribution in [0.25, 0.3) is 50.4 Å². The molecule has 1 aliphatic carbocycles. The van der Waals surface area contributed by atoms with Crippen LogP contribution in [-0.4, -0.2) is 19.9 Å². The molecule has 0 saturated carbocycles. The van der Waals surface area contributed by atoms with Gasteiger partial charge >= 0.3 is 0 Å². The average Bonchev–Trinajstić information content (AvgIpc) is 3.00. The molecule has 0 saturated heterocycles. The van der Waals surface area contributed by atoms with Gasteiger partial charge < -0.3 is 0 Å². The average molecular weight is 505 g/mol. The second-order valence-electron chi connectivity index (χ2n) is 9.52. The number of para-hydroxylation sites is 1. The Bertz CT molecular complexity index is 1740. The Kier molecular flexibility index (Phi) is 7.00. The van der Waals surface area contributed by atoms with Crippen LogP contribution in [0.15, 0.2) is 128 Å². The Morgan fingerprint density at radius 1 is 0.590 bits per heavy atom. The standard InChI is InChI=1S/C35H28N4/c1-25-16-18-29(19-17-25)34-37-33(28-11-7-5-3-2-4-6-8-12-28)38-35(39-34)30-22-20-26(21-23-30)31-15-9-13-27-14-10-24-36-32(27)31/h2-5,8-24H,6-7H2,1H3/b4-2-,5-3-,12-8?,28-11?. The largest absolute Gasteiger partial charge is 0.256 e. The van der Waals surface area contributed by atoms with Gasteiger partial charge in [0.05, 0.1) is 5.52 Å². The van der Waals surface area contributed by atoms with E-state index in [0.29, 0.717) is 17.5 Å². The lowest BCUT2D eigenvalue weighted by Crippen LogP contribution is -2.02. The zero-order chi connectivity index (χ0) is 26.4. The predicted molar refractivity (Wildman–Crippen MR) is 161 cm³/mol. The molecule has 5 aromatic rings. The number of pyridine rings is 1. The minimum Gasteiger partial charge on any atom is -0.256 e. The molecule has 6 rings (SSSR count). The van der Waals surface area contributed by atoms with Crippen molar-refractivity contribution in [2.45, 2.75) is 19.8 Å². The van der Waals surface area contributed by atoms with Crippen molar-refractivity contribution in [1.82, 2.24) is 19.9 Å². The molecule has 0 atom stereocenters. The molecule has 1 aliphatic rings. The molecular formula is C35H28N4. The van der Waals surface area contributed by atoms with Gasteiger partial charge in [0.1, 0.15) is 0 Å². The van der Waals surface area contributed by atoms with Crippen molar-refractivity contribution in [1.29, 1.82) is 0 Å². The van der Waals surface area contributed by atoms with Crippen molar-refractivity contribution in [3.8, 4) is 33.9 Å². The molecule has 0 spiro atoms. The molecule has 39 heavy (non-hydrogen) atoms. The summed E-state index contributed by atoms with van der Waals surface area (Å²) in [6.07, 6.45) is 18.4. The quantitative estimate of drug-likeness (QED) is 0.246. The highest BCUT2D eigenvalue weighted by atomic mass is 15.0. The molecule has 0 bridgehead atoms. The summed E-state index contributed by atoms with van der Waals surface area (Å²) < 4.78 is 0. The molecule has 0 radical (unpaired) electrons. The summed E-state index contributed by atoms with van der Waals surface area (Å²) in [6.45, 7) is 2.08. The first kappa shape index (κ1) is 24.4. The van der Waals surface area contributed by atoms with Crippen LogP contribution in [-0.2, 0) is 0 Å². The lowest BCUT2D eigenvalue weighted by atomic mass is 10.0. The van der Waals surface area contributed by atoms with Crippen molar-refractivity contribution in [3.63, 3.8) is 0 Å². The van der Waals surface area contributed by atoms with Crippen LogP contribution < -0.4 is 0 Å². The van der Waals surface area contributed by atoms with E-state index in [-0.39, 0.29) is 0 Å². The van der Waals surface area contributed by atoms with Crippen LogP contribution in [0.5, 0.6) is 0 Å². The maximum absolute atomic E-state index is 4.95. The van der Waals surface area contributed by atoms with Crippen molar-refractivity contribution in [2.24, 2.45) is 0 Å². The van der Waals surface area contributed by atoms with Gasteiger partial charge in [0, 0.05) is 33.8 Å². The first-order valence-electron chi connectivity index (χ1n) is 13.2. The predicted octanol–water partition coefficient (Wildman–Crippen LogP) is 8.58. The van der Waals surface area contributed by atoms with Gasteiger partial charge in [0.2, 0.25) is 0 Å². The number of fused-ring (bicyclic) bond motifs is 1. The topological polar surface area (TPSA) is 51.6 Å². The normalized spacial score (nSPS) is 15.1. The van der Waals surface area contributed by atoms with Gasteiger partial charge in [-0.15, -0.1) is 0 Å². The van der Waals surface area contributed by atoms with E-state index in [0.717, 1.165) is 51.6 Å². The second-order valence-corrected chi connectivity index (χ2v) is 9.52. The van der Waals surface area contributed by atoms with Crippen LogP contribution in [0.4, 0.5) is 0 Å². The van der Waals surface area contributed by atoms with Crippen LogP contribution in [0, 0.1) is 6.92 Å². The fourth-order valence-corrected chi connectivity index (χ4v) is 4.62. The SMILES string of the molecule is Cc1ccc(-c2nc(C3=CC/C=C\C=C/CC=C3)nc(-c3ccc(-c4cccc5cccnc45)cc3)n2)cc1. The van der Waals surface area contributed by atoms with E-state index in [1.165, 1.54) is 5.56 Å². The Morgan fingerprint density at radius 3 is 2.00 bits per heavy atom. The Labute approximate surface area is 228 Å².